The van der Waals surface area contributed by atoms with Gasteiger partial charge in [0.2, 0.25) is 0 Å². The third kappa shape index (κ3) is 5.25. The molecule has 0 spiro atoms. The van der Waals surface area contributed by atoms with E-state index in [9.17, 15) is 0 Å². The van der Waals surface area contributed by atoms with Gasteiger partial charge >= 0.3 is 0 Å². The molecule has 0 unspecified atom stereocenters. The van der Waals surface area contributed by atoms with E-state index in [4.69, 9.17) is 4.74 Å². The van der Waals surface area contributed by atoms with Crippen LogP contribution in [0.1, 0.15) is 23.1 Å². The lowest BCUT2D eigenvalue weighted by atomic mass is 10.1. The molecule has 0 N–H and O–H groups in total. The van der Waals surface area contributed by atoms with Crippen molar-refractivity contribution in [3.8, 4) is 0 Å². The standard InChI is InChI=1S/C20H28N4O/c1-16-10-18(13-21-12-16)14-24-8-9-25-19(15-24)5-4-17-6-7-22-20(11-17)23(2)3/h6-7,10-13,19H,4-5,8-9,14-15H2,1-3H3/t19-/m0/s1. The second-order valence-electron chi connectivity index (χ2n) is 7.05. The zero-order valence-corrected chi connectivity index (χ0v) is 15.5. The molecular formula is C20H28N4O. The maximum absolute atomic E-state index is 5.99. The van der Waals surface area contributed by atoms with E-state index in [2.05, 4.69) is 40.0 Å². The molecule has 1 aliphatic rings. The summed E-state index contributed by atoms with van der Waals surface area (Å²) in [5, 5.41) is 0. The van der Waals surface area contributed by atoms with Crippen LogP contribution in [0.15, 0.2) is 36.8 Å². The van der Waals surface area contributed by atoms with Crippen molar-refractivity contribution in [2.45, 2.75) is 32.4 Å². The number of pyridine rings is 2. The fourth-order valence-corrected chi connectivity index (χ4v) is 3.25. The topological polar surface area (TPSA) is 41.5 Å². The Kier molecular flexibility index (Phi) is 6.00. The van der Waals surface area contributed by atoms with Crippen molar-refractivity contribution in [3.63, 3.8) is 0 Å². The molecule has 3 rings (SSSR count). The Labute approximate surface area is 150 Å². The lowest BCUT2D eigenvalue weighted by Gasteiger charge is -2.33. The summed E-state index contributed by atoms with van der Waals surface area (Å²) in [6.07, 6.45) is 8.12. The van der Waals surface area contributed by atoms with E-state index >= 15 is 0 Å². The predicted molar refractivity (Wildman–Crippen MR) is 101 cm³/mol. The summed E-state index contributed by atoms with van der Waals surface area (Å²) in [6.45, 7) is 5.83. The molecule has 0 aromatic carbocycles. The van der Waals surface area contributed by atoms with Gasteiger partial charge in [-0.15, -0.1) is 0 Å². The molecule has 3 heterocycles. The highest BCUT2D eigenvalue weighted by Crippen LogP contribution is 2.17. The Morgan fingerprint density at radius 1 is 1.24 bits per heavy atom. The molecule has 1 fully saturated rings. The Morgan fingerprint density at radius 2 is 2.12 bits per heavy atom. The molecule has 0 radical (unpaired) electrons. The molecular weight excluding hydrogens is 312 g/mol. The minimum atomic E-state index is 0.294. The molecule has 1 saturated heterocycles. The second kappa shape index (κ2) is 8.41. The molecule has 5 heteroatoms. The fraction of sp³-hybridized carbons (Fsp3) is 0.500. The van der Waals surface area contributed by atoms with Crippen molar-refractivity contribution in [2.75, 3.05) is 38.7 Å². The van der Waals surface area contributed by atoms with E-state index < -0.39 is 0 Å². The van der Waals surface area contributed by atoms with Crippen LogP contribution in [0.5, 0.6) is 0 Å². The average molecular weight is 340 g/mol. The first kappa shape index (κ1) is 17.8. The first-order chi connectivity index (χ1) is 12.1. The van der Waals surface area contributed by atoms with Crippen molar-refractivity contribution in [3.05, 3.63) is 53.5 Å². The highest BCUT2D eigenvalue weighted by atomic mass is 16.5. The van der Waals surface area contributed by atoms with E-state index in [0.717, 1.165) is 44.9 Å². The maximum Gasteiger partial charge on any atom is 0.128 e. The molecule has 134 valence electrons. The van der Waals surface area contributed by atoms with E-state index in [0.29, 0.717) is 6.10 Å². The summed E-state index contributed by atoms with van der Waals surface area (Å²) >= 11 is 0. The van der Waals surface area contributed by atoms with Crippen LogP contribution < -0.4 is 4.90 Å². The van der Waals surface area contributed by atoms with Gasteiger partial charge in [0.15, 0.2) is 0 Å². The molecule has 2 aromatic heterocycles. The maximum atomic E-state index is 5.99. The number of morpholine rings is 1. The predicted octanol–water partition coefficient (Wildman–Crippen LogP) is 2.68. The zero-order chi connectivity index (χ0) is 17.6. The van der Waals surface area contributed by atoms with E-state index in [1.54, 1.807) is 0 Å². The molecule has 0 bridgehead atoms. The SMILES string of the molecule is Cc1cncc(CN2CCO[C@@H](CCc3ccnc(N(C)C)c3)C2)c1. The van der Waals surface area contributed by atoms with Gasteiger partial charge in [0.25, 0.3) is 0 Å². The van der Waals surface area contributed by atoms with E-state index in [1.807, 2.05) is 37.6 Å². The van der Waals surface area contributed by atoms with Crippen molar-refractivity contribution < 1.29 is 4.74 Å². The number of anilines is 1. The van der Waals surface area contributed by atoms with E-state index in [1.165, 1.54) is 16.7 Å². The number of aryl methyl sites for hydroxylation is 2. The largest absolute Gasteiger partial charge is 0.376 e. The number of aromatic nitrogens is 2. The summed E-state index contributed by atoms with van der Waals surface area (Å²) in [7, 11) is 4.04. The zero-order valence-electron chi connectivity index (χ0n) is 15.5. The molecule has 25 heavy (non-hydrogen) atoms. The smallest absolute Gasteiger partial charge is 0.128 e. The molecule has 1 atom stereocenters. The van der Waals surface area contributed by atoms with Crippen LogP contribution in [0.3, 0.4) is 0 Å². The minimum absolute atomic E-state index is 0.294. The molecule has 0 amide bonds. The fourth-order valence-electron chi connectivity index (χ4n) is 3.25. The van der Waals surface area contributed by atoms with Crippen LogP contribution in [0.4, 0.5) is 5.82 Å². The lowest BCUT2D eigenvalue weighted by Crippen LogP contribution is -2.42. The monoisotopic (exact) mass is 340 g/mol. The van der Waals surface area contributed by atoms with Gasteiger partial charge in [-0.3, -0.25) is 9.88 Å². The van der Waals surface area contributed by atoms with Crippen LogP contribution in [-0.2, 0) is 17.7 Å². The first-order valence-electron chi connectivity index (χ1n) is 8.97. The van der Waals surface area contributed by atoms with Crippen LogP contribution in [0.2, 0.25) is 0 Å². The van der Waals surface area contributed by atoms with Crippen molar-refractivity contribution in [1.82, 2.24) is 14.9 Å². The van der Waals surface area contributed by atoms with Crippen molar-refractivity contribution in [2.24, 2.45) is 0 Å². The van der Waals surface area contributed by atoms with Gasteiger partial charge in [-0.25, -0.2) is 4.98 Å². The molecule has 5 nitrogen and oxygen atoms in total. The average Bonchev–Trinajstić information content (AvgIpc) is 2.60. The summed E-state index contributed by atoms with van der Waals surface area (Å²) in [6, 6.07) is 6.49. The van der Waals surface area contributed by atoms with Gasteiger partial charge in [0.05, 0.1) is 12.7 Å². The third-order valence-corrected chi connectivity index (χ3v) is 4.58. The van der Waals surface area contributed by atoms with Crippen molar-refractivity contribution in [1.29, 1.82) is 0 Å². The van der Waals surface area contributed by atoms with Crippen molar-refractivity contribution >= 4 is 5.82 Å². The van der Waals surface area contributed by atoms with Gasteiger partial charge in [0, 0.05) is 52.3 Å². The minimum Gasteiger partial charge on any atom is -0.376 e. The lowest BCUT2D eigenvalue weighted by molar-refractivity contribution is -0.0346. The Balaban J connectivity index is 1.52. The number of rotatable bonds is 6. The van der Waals surface area contributed by atoms with Gasteiger partial charge < -0.3 is 9.64 Å². The second-order valence-corrected chi connectivity index (χ2v) is 7.05. The highest BCUT2D eigenvalue weighted by molar-refractivity contribution is 5.39. The Morgan fingerprint density at radius 3 is 2.92 bits per heavy atom. The molecule has 2 aromatic rings. The van der Waals surface area contributed by atoms with Gasteiger partial charge in [-0.05, 0) is 48.6 Å². The Bertz CT molecular complexity index is 689. The summed E-state index contributed by atoms with van der Waals surface area (Å²) < 4.78 is 5.99. The molecule has 0 saturated carbocycles. The Hall–Kier alpha value is -1.98. The van der Waals surface area contributed by atoms with Crippen LogP contribution in [0.25, 0.3) is 0 Å². The van der Waals surface area contributed by atoms with Gasteiger partial charge in [-0.2, -0.15) is 0 Å². The van der Waals surface area contributed by atoms with E-state index in [-0.39, 0.29) is 0 Å². The van der Waals surface area contributed by atoms with Crippen LogP contribution in [0, 0.1) is 6.92 Å². The third-order valence-electron chi connectivity index (χ3n) is 4.58. The number of hydrogen-bond acceptors (Lipinski definition) is 5. The van der Waals surface area contributed by atoms with Gasteiger partial charge in [-0.1, -0.05) is 6.07 Å². The normalized spacial score (nSPS) is 18.3. The van der Waals surface area contributed by atoms with Crippen LogP contribution >= 0.6 is 0 Å². The highest BCUT2D eigenvalue weighted by Gasteiger charge is 2.20. The summed E-state index contributed by atoms with van der Waals surface area (Å²) in [5.41, 5.74) is 3.82. The quantitative estimate of drug-likeness (QED) is 0.809. The first-order valence-corrected chi connectivity index (χ1v) is 8.97. The number of nitrogens with zero attached hydrogens (tertiary/aromatic N) is 4. The molecule has 0 aliphatic carbocycles. The van der Waals surface area contributed by atoms with Crippen LogP contribution in [-0.4, -0.2) is 54.8 Å². The van der Waals surface area contributed by atoms with Gasteiger partial charge in [0.1, 0.15) is 5.82 Å². The number of ether oxygens (including phenoxy) is 1. The molecule has 1 aliphatic heterocycles. The number of hydrogen-bond donors (Lipinski definition) is 0. The summed E-state index contributed by atoms with van der Waals surface area (Å²) in [5.74, 6) is 1.01. The summed E-state index contributed by atoms with van der Waals surface area (Å²) in [4.78, 5) is 13.2.